The molecule has 1 aromatic carbocycles. The van der Waals surface area contributed by atoms with Gasteiger partial charge in [-0.05, 0) is 30.5 Å². The van der Waals surface area contributed by atoms with Gasteiger partial charge in [0.1, 0.15) is 0 Å². The van der Waals surface area contributed by atoms with Gasteiger partial charge in [-0.25, -0.2) is 8.42 Å². The molecule has 0 radical (unpaired) electrons. The van der Waals surface area contributed by atoms with Crippen LogP contribution in [0.5, 0.6) is 0 Å². The van der Waals surface area contributed by atoms with Gasteiger partial charge in [0.15, 0.2) is 5.03 Å². The van der Waals surface area contributed by atoms with E-state index in [4.69, 9.17) is 0 Å². The van der Waals surface area contributed by atoms with E-state index >= 15 is 0 Å². The molecule has 1 fully saturated rings. The summed E-state index contributed by atoms with van der Waals surface area (Å²) in [5.74, 6) is 0. The molecule has 0 spiro atoms. The van der Waals surface area contributed by atoms with Crippen LogP contribution in [-0.4, -0.2) is 29.0 Å². The summed E-state index contributed by atoms with van der Waals surface area (Å²) < 4.78 is 27.7. The Morgan fingerprint density at radius 3 is 2.65 bits per heavy atom. The normalized spacial score (nSPS) is 15.7. The van der Waals surface area contributed by atoms with Crippen LogP contribution in [0.15, 0.2) is 46.0 Å². The molecule has 1 aliphatic rings. The monoisotopic (exact) mass is 355 g/mol. The topological polar surface area (TPSA) is 66.1 Å². The van der Waals surface area contributed by atoms with Gasteiger partial charge in [-0.2, -0.15) is 9.40 Å². The van der Waals surface area contributed by atoms with Crippen molar-refractivity contribution in [3.63, 3.8) is 0 Å². The van der Waals surface area contributed by atoms with Crippen LogP contribution in [0.25, 0.3) is 0 Å². The van der Waals surface area contributed by atoms with E-state index in [1.165, 1.54) is 12.3 Å². The van der Waals surface area contributed by atoms with Gasteiger partial charge >= 0.3 is 0 Å². The number of benzene rings is 1. The predicted octanol–water partition coefficient (Wildman–Crippen LogP) is 2.53. The van der Waals surface area contributed by atoms with E-state index in [0.717, 1.165) is 22.9 Å². The van der Waals surface area contributed by atoms with Gasteiger partial charge in [-0.1, -0.05) is 34.1 Å². The highest BCUT2D eigenvalue weighted by Gasteiger charge is 2.38. The minimum atomic E-state index is -3.52. The first-order valence-corrected chi connectivity index (χ1v) is 8.57. The van der Waals surface area contributed by atoms with Gasteiger partial charge in [0.2, 0.25) is 0 Å². The molecule has 7 heteroatoms. The molecular formula is C13H14BrN3O2S. The van der Waals surface area contributed by atoms with Crippen LogP contribution < -0.4 is 0 Å². The first kappa shape index (κ1) is 13.8. The van der Waals surface area contributed by atoms with E-state index in [1.54, 1.807) is 4.31 Å². The van der Waals surface area contributed by atoms with Crippen LogP contribution in [0.3, 0.4) is 0 Å². The summed E-state index contributed by atoms with van der Waals surface area (Å²) in [5.41, 5.74) is 0.961. The number of hydrogen-bond donors (Lipinski definition) is 1. The number of nitrogens with zero attached hydrogens (tertiary/aromatic N) is 2. The Balaban J connectivity index is 1.93. The van der Waals surface area contributed by atoms with Crippen LogP contribution in [0, 0.1) is 0 Å². The number of H-pyrrole nitrogens is 1. The van der Waals surface area contributed by atoms with E-state index in [0.29, 0.717) is 6.54 Å². The van der Waals surface area contributed by atoms with Crippen molar-refractivity contribution in [3.05, 3.63) is 46.6 Å². The van der Waals surface area contributed by atoms with E-state index in [9.17, 15) is 8.42 Å². The number of sulfonamides is 1. The van der Waals surface area contributed by atoms with Crippen LogP contribution >= 0.6 is 15.9 Å². The molecule has 0 unspecified atom stereocenters. The highest BCUT2D eigenvalue weighted by Crippen LogP contribution is 2.34. The quantitative estimate of drug-likeness (QED) is 0.895. The number of hydrogen-bond acceptors (Lipinski definition) is 3. The lowest BCUT2D eigenvalue weighted by Crippen LogP contribution is -2.33. The first-order valence-electron chi connectivity index (χ1n) is 6.33. The lowest BCUT2D eigenvalue weighted by atomic mass is 10.2. The van der Waals surface area contributed by atoms with Gasteiger partial charge in [0.05, 0.1) is 6.20 Å². The SMILES string of the molecule is O=S(=O)(c1ccn[nH]1)N(Cc1ccccc1Br)C1CC1. The van der Waals surface area contributed by atoms with Gasteiger partial charge < -0.3 is 0 Å². The van der Waals surface area contributed by atoms with Crippen LogP contribution in [-0.2, 0) is 16.6 Å². The molecule has 20 heavy (non-hydrogen) atoms. The Morgan fingerprint density at radius 2 is 2.05 bits per heavy atom. The molecule has 0 aliphatic heterocycles. The molecule has 3 rings (SSSR count). The molecule has 5 nitrogen and oxygen atoms in total. The van der Waals surface area contributed by atoms with Crippen molar-refractivity contribution in [1.82, 2.24) is 14.5 Å². The highest BCUT2D eigenvalue weighted by molar-refractivity contribution is 9.10. The summed E-state index contributed by atoms with van der Waals surface area (Å²) >= 11 is 3.47. The fourth-order valence-corrected chi connectivity index (χ4v) is 4.06. The van der Waals surface area contributed by atoms with E-state index < -0.39 is 10.0 Å². The van der Waals surface area contributed by atoms with Crippen LogP contribution in [0.1, 0.15) is 18.4 Å². The van der Waals surface area contributed by atoms with Crippen molar-refractivity contribution < 1.29 is 8.42 Å². The summed E-state index contributed by atoms with van der Waals surface area (Å²) in [6.45, 7) is 0.368. The average molecular weight is 356 g/mol. The molecule has 0 atom stereocenters. The Morgan fingerprint density at radius 1 is 1.30 bits per heavy atom. The largest absolute Gasteiger partial charge is 0.266 e. The van der Waals surface area contributed by atoms with Crippen molar-refractivity contribution in [2.24, 2.45) is 0 Å². The minimum absolute atomic E-state index is 0.0930. The highest BCUT2D eigenvalue weighted by atomic mass is 79.9. The van der Waals surface area contributed by atoms with Gasteiger partial charge in [-0.15, -0.1) is 0 Å². The van der Waals surface area contributed by atoms with E-state index in [2.05, 4.69) is 26.1 Å². The van der Waals surface area contributed by atoms with Crippen molar-refractivity contribution in [1.29, 1.82) is 0 Å². The zero-order valence-electron chi connectivity index (χ0n) is 10.7. The maximum absolute atomic E-state index is 12.6. The summed E-state index contributed by atoms with van der Waals surface area (Å²) in [6, 6.07) is 9.26. The van der Waals surface area contributed by atoms with Gasteiger partial charge in [0.25, 0.3) is 10.0 Å². The lowest BCUT2D eigenvalue weighted by molar-refractivity contribution is 0.396. The number of halogens is 1. The standard InChI is InChI=1S/C13H14BrN3O2S/c14-12-4-2-1-3-10(12)9-17(11-5-6-11)20(18,19)13-7-8-15-16-13/h1-4,7-8,11H,5-6,9H2,(H,15,16). The molecule has 1 saturated carbocycles. The van der Waals surface area contributed by atoms with Gasteiger partial charge in [-0.3, -0.25) is 5.10 Å². The zero-order valence-corrected chi connectivity index (χ0v) is 13.1. The maximum atomic E-state index is 12.6. The van der Waals surface area contributed by atoms with Crippen molar-refractivity contribution in [2.75, 3.05) is 0 Å². The molecule has 106 valence electrons. The second kappa shape index (κ2) is 5.31. The second-order valence-corrected chi connectivity index (χ2v) is 7.51. The fraction of sp³-hybridized carbons (Fsp3) is 0.308. The summed E-state index contributed by atoms with van der Waals surface area (Å²) in [5, 5.41) is 6.43. The average Bonchev–Trinajstić information content (AvgIpc) is 3.09. The van der Waals surface area contributed by atoms with Crippen LogP contribution in [0.2, 0.25) is 0 Å². The number of nitrogens with one attached hydrogen (secondary N) is 1. The predicted molar refractivity (Wildman–Crippen MR) is 78.5 cm³/mol. The Hall–Kier alpha value is -1.18. The zero-order chi connectivity index (χ0) is 14.2. The molecule has 1 aromatic heterocycles. The third-order valence-electron chi connectivity index (χ3n) is 3.30. The summed E-state index contributed by atoms with van der Waals surface area (Å²) in [7, 11) is -3.52. The molecule has 2 aromatic rings. The molecule has 0 bridgehead atoms. The minimum Gasteiger partial charge on any atom is -0.266 e. The maximum Gasteiger partial charge on any atom is 0.260 e. The molecule has 0 amide bonds. The Kier molecular flexibility index (Phi) is 3.66. The molecule has 1 N–H and O–H groups in total. The Bertz CT molecular complexity index is 696. The van der Waals surface area contributed by atoms with Crippen molar-refractivity contribution >= 4 is 26.0 Å². The van der Waals surface area contributed by atoms with Crippen molar-refractivity contribution in [3.8, 4) is 0 Å². The summed E-state index contributed by atoms with van der Waals surface area (Å²) in [4.78, 5) is 0. The first-order chi connectivity index (χ1) is 9.59. The smallest absolute Gasteiger partial charge is 0.260 e. The molecule has 1 heterocycles. The number of rotatable bonds is 5. The van der Waals surface area contributed by atoms with E-state index in [1.807, 2.05) is 24.3 Å². The fourth-order valence-electron chi connectivity index (χ4n) is 2.08. The molecule has 1 aliphatic carbocycles. The van der Waals surface area contributed by atoms with Gasteiger partial charge in [0, 0.05) is 17.1 Å². The third-order valence-corrected chi connectivity index (χ3v) is 5.90. The lowest BCUT2D eigenvalue weighted by Gasteiger charge is -2.21. The number of aromatic amines is 1. The molecule has 0 saturated heterocycles. The Labute approximate surface area is 126 Å². The number of aromatic nitrogens is 2. The summed E-state index contributed by atoms with van der Waals surface area (Å²) in [6.07, 6.45) is 3.28. The second-order valence-electron chi connectivity index (χ2n) is 4.79. The van der Waals surface area contributed by atoms with Crippen molar-refractivity contribution in [2.45, 2.75) is 30.5 Å². The molecular weight excluding hydrogens is 342 g/mol. The van der Waals surface area contributed by atoms with E-state index in [-0.39, 0.29) is 11.1 Å². The van der Waals surface area contributed by atoms with Crippen LogP contribution in [0.4, 0.5) is 0 Å². The third kappa shape index (κ3) is 2.65.